The van der Waals surface area contributed by atoms with Crippen molar-refractivity contribution in [3.63, 3.8) is 0 Å². The lowest BCUT2D eigenvalue weighted by Crippen LogP contribution is -1.90. The number of hydrogen-bond donors (Lipinski definition) is 0. The number of carbonyl (C=O) groups excluding carboxylic acids is 1. The molecule has 0 bridgehead atoms. The van der Waals surface area contributed by atoms with Crippen LogP contribution in [0, 0.1) is 10.1 Å². The largest absolute Gasteiger partial charge is 0.298 e. The number of rotatable bonds is 3. The molecule has 0 amide bonds. The fourth-order valence-electron chi connectivity index (χ4n) is 1.04. The molecule has 0 radical (unpaired) electrons. The number of allylic oxidation sites excluding steroid dienone is 1. The van der Waals surface area contributed by atoms with Crippen molar-refractivity contribution in [1.82, 2.24) is 0 Å². The van der Waals surface area contributed by atoms with E-state index in [0.717, 1.165) is 0 Å². The Morgan fingerprint density at radius 3 is 2.73 bits per heavy atom. The van der Waals surface area contributed by atoms with E-state index in [9.17, 15) is 14.9 Å². The Bertz CT molecular complexity index is 440. The second-order valence-electron chi connectivity index (χ2n) is 2.92. The minimum Gasteiger partial charge on any atom is -0.298 e. The van der Waals surface area contributed by atoms with Crippen molar-refractivity contribution in [3.05, 3.63) is 45.5 Å². The van der Waals surface area contributed by atoms with Gasteiger partial charge in [-0.2, -0.15) is 0 Å². The van der Waals surface area contributed by atoms with Gasteiger partial charge in [-0.3, -0.25) is 14.9 Å². The Hall–Kier alpha value is -1.68. The van der Waals surface area contributed by atoms with Gasteiger partial charge in [0.2, 0.25) is 0 Å². The van der Waals surface area contributed by atoms with E-state index in [4.69, 9.17) is 11.6 Å². The van der Waals surface area contributed by atoms with E-state index >= 15 is 0 Å². The van der Waals surface area contributed by atoms with Gasteiger partial charge in [-0.1, -0.05) is 23.7 Å². The topological polar surface area (TPSA) is 60.2 Å². The molecule has 78 valence electrons. The van der Waals surface area contributed by atoms with Crippen molar-refractivity contribution in [2.75, 3.05) is 0 Å². The van der Waals surface area contributed by atoms with Gasteiger partial charge in [0.25, 0.3) is 5.69 Å². The van der Waals surface area contributed by atoms with Crippen LogP contribution in [0.15, 0.2) is 29.8 Å². The van der Waals surface area contributed by atoms with Crippen LogP contribution in [0.25, 0.3) is 5.03 Å². The summed E-state index contributed by atoms with van der Waals surface area (Å²) < 4.78 is 0. The van der Waals surface area contributed by atoms with Crippen LogP contribution in [0.2, 0.25) is 0 Å². The van der Waals surface area contributed by atoms with Crippen molar-refractivity contribution in [2.45, 2.75) is 6.92 Å². The first-order valence-electron chi connectivity index (χ1n) is 4.12. The second kappa shape index (κ2) is 4.70. The third-order valence-electron chi connectivity index (χ3n) is 1.83. The van der Waals surface area contributed by atoms with Crippen LogP contribution in [0.4, 0.5) is 5.69 Å². The Morgan fingerprint density at radius 1 is 1.53 bits per heavy atom. The lowest BCUT2D eigenvalue weighted by molar-refractivity contribution is -0.384. The van der Waals surface area contributed by atoms with E-state index in [-0.39, 0.29) is 10.7 Å². The molecule has 1 rings (SSSR count). The van der Waals surface area contributed by atoms with Crippen molar-refractivity contribution >= 4 is 28.6 Å². The summed E-state index contributed by atoms with van der Waals surface area (Å²) in [6, 6.07) is 5.83. The van der Waals surface area contributed by atoms with Gasteiger partial charge >= 0.3 is 0 Å². The number of halogens is 1. The van der Waals surface area contributed by atoms with Crippen molar-refractivity contribution in [3.8, 4) is 0 Å². The van der Waals surface area contributed by atoms with E-state index in [1.165, 1.54) is 18.2 Å². The number of non-ortho nitro benzene ring substituents is 1. The lowest BCUT2D eigenvalue weighted by atomic mass is 10.1. The zero-order valence-electron chi connectivity index (χ0n) is 7.94. The van der Waals surface area contributed by atoms with E-state index in [1.807, 2.05) is 0 Å². The molecule has 5 heteroatoms. The molecular weight excluding hydrogens is 218 g/mol. The van der Waals surface area contributed by atoms with E-state index in [2.05, 4.69) is 0 Å². The molecule has 0 unspecified atom stereocenters. The maximum atomic E-state index is 10.5. The molecule has 0 aliphatic carbocycles. The normalized spacial score (nSPS) is 11.9. The number of carbonyl (C=O) groups is 1. The number of nitrogens with zero attached hydrogens (tertiary/aromatic N) is 1. The van der Waals surface area contributed by atoms with Gasteiger partial charge < -0.3 is 0 Å². The molecular formula is C10H8ClNO3. The summed E-state index contributed by atoms with van der Waals surface area (Å²) >= 11 is 5.86. The predicted molar refractivity (Wildman–Crippen MR) is 57.6 cm³/mol. The van der Waals surface area contributed by atoms with E-state index < -0.39 is 4.92 Å². The molecule has 0 spiro atoms. The highest BCUT2D eigenvalue weighted by molar-refractivity contribution is 6.50. The summed E-state index contributed by atoms with van der Waals surface area (Å²) in [5, 5.41) is 10.7. The summed E-state index contributed by atoms with van der Waals surface area (Å²) in [6.45, 7) is 1.55. The summed E-state index contributed by atoms with van der Waals surface area (Å²) in [5.74, 6) is 0. The van der Waals surface area contributed by atoms with E-state index in [1.54, 1.807) is 13.0 Å². The van der Waals surface area contributed by atoms with Crippen molar-refractivity contribution in [1.29, 1.82) is 0 Å². The minimum absolute atomic E-state index is 0.0515. The van der Waals surface area contributed by atoms with Gasteiger partial charge in [0, 0.05) is 23.3 Å². The Balaban J connectivity index is 3.22. The lowest BCUT2D eigenvalue weighted by Gasteiger charge is -2.00. The average molecular weight is 226 g/mol. The third-order valence-corrected chi connectivity index (χ3v) is 2.35. The molecule has 0 aliphatic heterocycles. The smallest absolute Gasteiger partial charge is 0.270 e. The third kappa shape index (κ3) is 2.63. The zero-order chi connectivity index (χ0) is 11.4. The van der Waals surface area contributed by atoms with Crippen LogP contribution in [0.1, 0.15) is 12.5 Å². The molecule has 0 aliphatic rings. The van der Waals surface area contributed by atoms with Crippen LogP contribution >= 0.6 is 11.6 Å². The highest BCUT2D eigenvalue weighted by Gasteiger charge is 2.08. The molecule has 0 fully saturated rings. The van der Waals surface area contributed by atoms with Crippen molar-refractivity contribution in [2.24, 2.45) is 0 Å². The summed E-state index contributed by atoms with van der Waals surface area (Å²) in [5.41, 5.74) is 0.761. The summed E-state index contributed by atoms with van der Waals surface area (Å²) in [7, 11) is 0. The summed E-state index contributed by atoms with van der Waals surface area (Å²) in [6.07, 6.45) is 0.612. The Labute approximate surface area is 91.3 Å². The average Bonchev–Trinajstić information content (AvgIpc) is 2.27. The first kappa shape index (κ1) is 11.4. The Kier molecular flexibility index (Phi) is 3.57. The predicted octanol–water partition coefficient (Wildman–Crippen LogP) is 2.76. The zero-order valence-corrected chi connectivity index (χ0v) is 8.69. The molecule has 0 atom stereocenters. The van der Waals surface area contributed by atoms with Gasteiger partial charge in [-0.15, -0.1) is 0 Å². The highest BCUT2D eigenvalue weighted by Crippen LogP contribution is 2.25. The fourth-order valence-corrected chi connectivity index (χ4v) is 1.20. The SMILES string of the molecule is CC(C=O)=C(Cl)c1cccc([N+](=O)[O-])c1. The highest BCUT2D eigenvalue weighted by atomic mass is 35.5. The van der Waals surface area contributed by atoms with E-state index in [0.29, 0.717) is 17.4 Å². The molecule has 0 N–H and O–H groups in total. The maximum Gasteiger partial charge on any atom is 0.270 e. The number of hydrogen-bond acceptors (Lipinski definition) is 3. The Morgan fingerprint density at radius 2 is 2.20 bits per heavy atom. The van der Waals surface area contributed by atoms with Gasteiger partial charge in [0.05, 0.1) is 9.96 Å². The number of nitro benzene ring substituents is 1. The standard InChI is InChI=1S/C10H8ClNO3/c1-7(6-13)10(11)8-3-2-4-9(5-8)12(14)15/h2-6H,1H3. The molecule has 1 aromatic rings. The molecule has 0 aromatic heterocycles. The molecule has 0 saturated carbocycles. The van der Waals surface area contributed by atoms with Gasteiger partial charge in [0.15, 0.2) is 0 Å². The summed E-state index contributed by atoms with van der Waals surface area (Å²) in [4.78, 5) is 20.4. The molecule has 15 heavy (non-hydrogen) atoms. The second-order valence-corrected chi connectivity index (χ2v) is 3.30. The van der Waals surface area contributed by atoms with Crippen LogP contribution in [-0.2, 0) is 4.79 Å². The van der Waals surface area contributed by atoms with Crippen molar-refractivity contribution < 1.29 is 9.72 Å². The number of aldehydes is 1. The van der Waals surface area contributed by atoms with Crippen LogP contribution in [0.3, 0.4) is 0 Å². The molecule has 4 nitrogen and oxygen atoms in total. The fraction of sp³-hybridized carbons (Fsp3) is 0.100. The van der Waals surface area contributed by atoms with Crippen LogP contribution < -0.4 is 0 Å². The number of nitro groups is 1. The molecule has 0 heterocycles. The number of benzene rings is 1. The van der Waals surface area contributed by atoms with Gasteiger partial charge in [0.1, 0.15) is 6.29 Å². The molecule has 1 aromatic carbocycles. The van der Waals surface area contributed by atoms with Gasteiger partial charge in [-0.05, 0) is 6.92 Å². The molecule has 0 saturated heterocycles. The first-order valence-corrected chi connectivity index (χ1v) is 4.50. The quantitative estimate of drug-likeness (QED) is 0.344. The maximum absolute atomic E-state index is 10.5. The van der Waals surface area contributed by atoms with Gasteiger partial charge in [-0.25, -0.2) is 0 Å². The minimum atomic E-state index is -0.510. The first-order chi connectivity index (χ1) is 7.06. The van der Waals surface area contributed by atoms with Crippen LogP contribution in [-0.4, -0.2) is 11.2 Å². The van der Waals surface area contributed by atoms with Crippen LogP contribution in [0.5, 0.6) is 0 Å². The monoisotopic (exact) mass is 225 g/mol.